The molecule has 2 aromatic heterocycles. The van der Waals surface area contributed by atoms with Gasteiger partial charge in [0.2, 0.25) is 5.95 Å². The summed E-state index contributed by atoms with van der Waals surface area (Å²) in [5.41, 5.74) is 4.65. The van der Waals surface area contributed by atoms with Crippen molar-refractivity contribution in [3.05, 3.63) is 51.0 Å². The maximum atomic E-state index is 9.40. The molecule has 0 amide bonds. The normalized spacial score (nSPS) is 18.2. The average Bonchev–Trinajstić information content (AvgIpc) is 3.28. The van der Waals surface area contributed by atoms with Gasteiger partial charge in [0.15, 0.2) is 5.65 Å². The average molecular weight is 456 g/mol. The van der Waals surface area contributed by atoms with Crippen LogP contribution in [-0.4, -0.2) is 32.7 Å². The summed E-state index contributed by atoms with van der Waals surface area (Å²) >= 11 is 2.24. The van der Waals surface area contributed by atoms with Crippen LogP contribution in [0, 0.1) is 20.3 Å². The van der Waals surface area contributed by atoms with Crippen molar-refractivity contribution in [3.63, 3.8) is 0 Å². The lowest BCUT2D eigenvalue weighted by Gasteiger charge is -2.39. The quantitative estimate of drug-likeness (QED) is 0.527. The van der Waals surface area contributed by atoms with Crippen molar-refractivity contribution in [2.45, 2.75) is 25.7 Å². The molecule has 0 bridgehead atoms. The Morgan fingerprint density at radius 1 is 1.19 bits per heavy atom. The van der Waals surface area contributed by atoms with Crippen LogP contribution in [0.4, 0.5) is 5.95 Å². The molecule has 3 aromatic rings. The number of hydrogen-bond donors (Lipinski definition) is 0. The van der Waals surface area contributed by atoms with Gasteiger partial charge in [-0.15, -0.1) is 10.2 Å². The van der Waals surface area contributed by atoms with Crippen molar-refractivity contribution in [1.29, 1.82) is 5.26 Å². The van der Waals surface area contributed by atoms with E-state index < -0.39 is 0 Å². The summed E-state index contributed by atoms with van der Waals surface area (Å²) in [5.74, 6) is 0.925. The summed E-state index contributed by atoms with van der Waals surface area (Å²) in [6.07, 6.45) is 7.97. The van der Waals surface area contributed by atoms with Gasteiger partial charge in [-0.2, -0.15) is 5.26 Å². The molecule has 1 spiro atoms. The molecular formula is C19H17IN6. The zero-order valence-electron chi connectivity index (χ0n) is 14.2. The van der Waals surface area contributed by atoms with Crippen LogP contribution in [0.2, 0.25) is 0 Å². The van der Waals surface area contributed by atoms with Crippen LogP contribution in [0.1, 0.15) is 29.5 Å². The zero-order valence-corrected chi connectivity index (χ0v) is 16.3. The van der Waals surface area contributed by atoms with Crippen molar-refractivity contribution < 1.29 is 0 Å². The van der Waals surface area contributed by atoms with Gasteiger partial charge in [-0.05, 0) is 70.9 Å². The fourth-order valence-corrected chi connectivity index (χ4v) is 5.01. The van der Waals surface area contributed by atoms with Gasteiger partial charge in [0, 0.05) is 19.3 Å². The molecule has 0 N–H and O–H groups in total. The molecule has 0 unspecified atom stereocenters. The number of hydrogen-bond acceptors (Lipinski definition) is 5. The van der Waals surface area contributed by atoms with Crippen molar-refractivity contribution in [3.8, 4) is 6.07 Å². The van der Waals surface area contributed by atoms with Gasteiger partial charge in [-0.3, -0.25) is 4.40 Å². The van der Waals surface area contributed by atoms with Gasteiger partial charge in [0.25, 0.3) is 0 Å². The molecule has 26 heavy (non-hydrogen) atoms. The van der Waals surface area contributed by atoms with Crippen LogP contribution in [0.25, 0.3) is 5.65 Å². The lowest BCUT2D eigenvalue weighted by Crippen LogP contribution is -2.41. The second kappa shape index (κ2) is 5.91. The van der Waals surface area contributed by atoms with E-state index in [0.29, 0.717) is 5.41 Å². The molecule has 0 saturated carbocycles. The van der Waals surface area contributed by atoms with Crippen molar-refractivity contribution in [1.82, 2.24) is 19.6 Å². The van der Waals surface area contributed by atoms with E-state index in [1.807, 2.05) is 22.7 Å². The van der Waals surface area contributed by atoms with Gasteiger partial charge in [0.05, 0.1) is 15.2 Å². The summed E-state index contributed by atoms with van der Waals surface area (Å²) in [6, 6.07) is 8.53. The highest BCUT2D eigenvalue weighted by Gasteiger charge is 2.41. The first-order chi connectivity index (χ1) is 12.7. The number of nitrogens with zero attached hydrogens (tertiary/aromatic N) is 6. The molecular weight excluding hydrogens is 439 g/mol. The summed E-state index contributed by atoms with van der Waals surface area (Å²) in [4.78, 5) is 6.98. The maximum absolute atomic E-state index is 9.40. The van der Waals surface area contributed by atoms with E-state index in [4.69, 9.17) is 0 Å². The molecule has 7 heteroatoms. The Morgan fingerprint density at radius 2 is 2.04 bits per heavy atom. The van der Waals surface area contributed by atoms with Crippen LogP contribution < -0.4 is 4.90 Å². The number of nitriles is 1. The van der Waals surface area contributed by atoms with Gasteiger partial charge in [-0.1, -0.05) is 12.1 Å². The molecule has 1 saturated heterocycles. The topological polar surface area (TPSA) is 70.1 Å². The predicted molar refractivity (Wildman–Crippen MR) is 106 cm³/mol. The highest BCUT2D eigenvalue weighted by Crippen LogP contribution is 2.46. The second-order valence-electron chi connectivity index (χ2n) is 7.33. The van der Waals surface area contributed by atoms with Crippen molar-refractivity contribution >= 4 is 34.2 Å². The minimum Gasteiger partial charge on any atom is -0.342 e. The third-order valence-electron chi connectivity index (χ3n) is 5.89. The third kappa shape index (κ3) is 2.39. The summed E-state index contributed by atoms with van der Waals surface area (Å²) in [5, 5.41) is 17.6. The van der Waals surface area contributed by atoms with E-state index in [1.165, 1.54) is 11.1 Å². The zero-order chi connectivity index (χ0) is 17.7. The monoisotopic (exact) mass is 456 g/mol. The molecule has 1 aliphatic carbocycles. The number of benzene rings is 1. The van der Waals surface area contributed by atoms with Crippen LogP contribution in [-0.2, 0) is 12.8 Å². The molecule has 1 fully saturated rings. The lowest BCUT2D eigenvalue weighted by molar-refractivity contribution is 0.231. The lowest BCUT2D eigenvalue weighted by atomic mass is 9.76. The first-order valence-electron chi connectivity index (χ1n) is 8.79. The molecule has 6 nitrogen and oxygen atoms in total. The first-order valence-corrected chi connectivity index (χ1v) is 9.87. The standard InChI is InChI=1S/C19H17IN6/c20-16-11-22-18(26-12-23-24-17(16)26)25-6-4-19(5-7-25)8-13-2-1-3-14(10-21)15(13)9-19/h1-3,11-12H,4-9H2. The fraction of sp³-hybridized carbons (Fsp3) is 0.368. The van der Waals surface area contributed by atoms with E-state index in [9.17, 15) is 5.26 Å². The Labute approximate surface area is 165 Å². The first kappa shape index (κ1) is 16.0. The number of halogens is 1. The number of aromatic nitrogens is 4. The maximum Gasteiger partial charge on any atom is 0.212 e. The third-order valence-corrected chi connectivity index (χ3v) is 6.65. The van der Waals surface area contributed by atoms with Gasteiger partial charge >= 0.3 is 0 Å². The molecule has 0 radical (unpaired) electrons. The molecule has 1 aromatic carbocycles. The molecule has 1 aliphatic heterocycles. The Bertz CT molecular complexity index is 1040. The highest BCUT2D eigenvalue weighted by molar-refractivity contribution is 14.1. The molecule has 3 heterocycles. The minimum absolute atomic E-state index is 0.293. The van der Waals surface area contributed by atoms with E-state index in [1.54, 1.807) is 6.33 Å². The molecule has 2 aliphatic rings. The molecule has 0 atom stereocenters. The van der Waals surface area contributed by atoms with Crippen molar-refractivity contribution in [2.75, 3.05) is 18.0 Å². The number of piperidine rings is 1. The van der Waals surface area contributed by atoms with E-state index >= 15 is 0 Å². The van der Waals surface area contributed by atoms with Crippen LogP contribution >= 0.6 is 22.6 Å². The smallest absolute Gasteiger partial charge is 0.212 e. The fourth-order valence-electron chi connectivity index (χ4n) is 4.50. The van der Waals surface area contributed by atoms with Crippen molar-refractivity contribution in [2.24, 2.45) is 5.41 Å². The minimum atomic E-state index is 0.293. The summed E-state index contributed by atoms with van der Waals surface area (Å²) in [7, 11) is 0. The van der Waals surface area contributed by atoms with Gasteiger partial charge in [-0.25, -0.2) is 4.98 Å². The Balaban J connectivity index is 1.40. The Morgan fingerprint density at radius 3 is 2.85 bits per heavy atom. The highest BCUT2D eigenvalue weighted by atomic mass is 127. The summed E-state index contributed by atoms with van der Waals surface area (Å²) in [6.45, 7) is 1.94. The molecule has 5 rings (SSSR count). The largest absolute Gasteiger partial charge is 0.342 e. The number of rotatable bonds is 1. The molecule has 130 valence electrons. The second-order valence-corrected chi connectivity index (χ2v) is 8.49. The van der Waals surface area contributed by atoms with Crippen LogP contribution in [0.15, 0.2) is 30.7 Å². The van der Waals surface area contributed by atoms with Crippen LogP contribution in [0.3, 0.4) is 0 Å². The van der Waals surface area contributed by atoms with E-state index in [0.717, 1.165) is 59.5 Å². The Kier molecular flexibility index (Phi) is 3.64. The SMILES string of the molecule is N#Cc1cccc2c1CC1(CCN(c3ncc(I)c4nncn34)CC1)C2. The number of fused-ring (bicyclic) bond motifs is 2. The number of anilines is 1. The van der Waals surface area contributed by atoms with Crippen LogP contribution in [0.5, 0.6) is 0 Å². The van der Waals surface area contributed by atoms with E-state index in [2.05, 4.69) is 54.8 Å². The van der Waals surface area contributed by atoms with Gasteiger partial charge < -0.3 is 4.90 Å². The van der Waals surface area contributed by atoms with E-state index in [-0.39, 0.29) is 0 Å². The van der Waals surface area contributed by atoms with Gasteiger partial charge in [0.1, 0.15) is 6.33 Å². The predicted octanol–water partition coefficient (Wildman–Crippen LogP) is 2.99. The Hall–Kier alpha value is -2.21. The summed E-state index contributed by atoms with van der Waals surface area (Å²) < 4.78 is 2.99.